The number of piperidine rings is 2. The number of benzene rings is 2. The second kappa shape index (κ2) is 7.70. The Morgan fingerprint density at radius 3 is 2.75 bits per heavy atom. The fraction of sp³-hybridized carbons (Fsp3) is 0.393. The highest BCUT2D eigenvalue weighted by Gasteiger charge is 2.34. The predicted octanol–water partition coefficient (Wildman–Crippen LogP) is 6.26. The third-order valence-corrected chi connectivity index (χ3v) is 7.55. The molecule has 0 saturated carbocycles. The zero-order chi connectivity index (χ0) is 22.7. The Hall–Kier alpha value is -2.72. The van der Waals surface area contributed by atoms with E-state index in [1.165, 1.54) is 25.3 Å². The maximum absolute atomic E-state index is 15.5. The molecular formula is C28H30FN2O+. The van der Waals surface area contributed by atoms with Crippen LogP contribution in [0.3, 0.4) is 0 Å². The smallest absolute Gasteiger partial charge is 0.216 e. The summed E-state index contributed by atoms with van der Waals surface area (Å²) in [4.78, 5) is 2.42. The largest absolute Gasteiger partial charge is 0.455 e. The van der Waals surface area contributed by atoms with Crippen molar-refractivity contribution in [2.45, 2.75) is 51.0 Å². The molecule has 0 amide bonds. The van der Waals surface area contributed by atoms with Gasteiger partial charge in [0.2, 0.25) is 5.69 Å². The number of hydrogen-bond donors (Lipinski definition) is 0. The first-order valence-corrected chi connectivity index (χ1v) is 11.8. The van der Waals surface area contributed by atoms with Crippen LogP contribution in [0.2, 0.25) is 0 Å². The van der Waals surface area contributed by atoms with Gasteiger partial charge in [-0.05, 0) is 62.9 Å². The fourth-order valence-corrected chi connectivity index (χ4v) is 5.87. The monoisotopic (exact) mass is 430 g/mol. The number of aromatic nitrogens is 1. The fourth-order valence-electron chi connectivity index (χ4n) is 5.87. The van der Waals surface area contributed by atoms with Crippen molar-refractivity contribution in [1.82, 2.24) is 4.90 Å². The summed E-state index contributed by atoms with van der Waals surface area (Å²) in [5.41, 5.74) is 4.93. The van der Waals surface area contributed by atoms with Crippen LogP contribution in [0.15, 0.2) is 53.1 Å². The van der Waals surface area contributed by atoms with Crippen LogP contribution in [-0.2, 0) is 7.05 Å². The molecule has 3 nitrogen and oxygen atoms in total. The number of halogens is 1. The number of nitrogens with zero attached hydrogens (tertiary/aromatic N) is 2. The molecule has 0 radical (unpaired) electrons. The molecule has 0 bridgehead atoms. The molecule has 0 N–H and O–H groups in total. The van der Waals surface area contributed by atoms with Gasteiger partial charge in [0.1, 0.15) is 24.0 Å². The minimum absolute atomic E-state index is 0.324. The lowest BCUT2D eigenvalue weighted by Gasteiger charge is -2.42. The molecule has 4 heteroatoms. The number of aryl methyl sites for hydroxylation is 2. The highest BCUT2D eigenvalue weighted by Crippen LogP contribution is 2.43. The average Bonchev–Trinajstić information content (AvgIpc) is 3.17. The molecule has 6 rings (SSSR count). The summed E-state index contributed by atoms with van der Waals surface area (Å²) in [5, 5.41) is 1.87. The van der Waals surface area contributed by atoms with Crippen molar-refractivity contribution in [3.63, 3.8) is 0 Å². The van der Waals surface area contributed by atoms with Crippen molar-refractivity contribution < 1.29 is 14.7 Å². The number of hydrogen-bond acceptors (Lipinski definition) is 2. The zero-order valence-electron chi connectivity index (χ0n) is 19.8. The van der Waals surface area contributed by atoms with E-state index in [0.717, 1.165) is 46.1 Å². The van der Waals surface area contributed by atoms with Crippen LogP contribution in [0.4, 0.5) is 4.39 Å². The van der Waals surface area contributed by atoms with Gasteiger partial charge in [0, 0.05) is 48.3 Å². The van der Waals surface area contributed by atoms with Crippen molar-refractivity contribution in [2.75, 3.05) is 13.1 Å². The zero-order valence-corrected chi connectivity index (χ0v) is 18.8. The van der Waals surface area contributed by atoms with Crippen LogP contribution in [0.5, 0.6) is 0 Å². The van der Waals surface area contributed by atoms with Crippen molar-refractivity contribution in [3.05, 3.63) is 65.6 Å². The van der Waals surface area contributed by atoms with Crippen LogP contribution in [0.1, 0.15) is 50.5 Å². The van der Waals surface area contributed by atoms with Gasteiger partial charge >= 0.3 is 0 Å². The summed E-state index contributed by atoms with van der Waals surface area (Å²) >= 11 is 0. The first kappa shape index (κ1) is 18.8. The quantitative estimate of drug-likeness (QED) is 0.350. The van der Waals surface area contributed by atoms with Gasteiger partial charge in [-0.15, -0.1) is 0 Å². The van der Waals surface area contributed by atoms with E-state index >= 15 is 4.39 Å². The maximum Gasteiger partial charge on any atom is 0.216 e. The topological polar surface area (TPSA) is 20.3 Å². The summed E-state index contributed by atoms with van der Waals surface area (Å²) in [6, 6.07) is 14.2. The molecule has 0 aliphatic carbocycles. The minimum atomic E-state index is -1.00. The van der Waals surface area contributed by atoms with Gasteiger partial charge in [-0.25, -0.2) is 8.96 Å². The molecule has 4 aromatic rings. The molecule has 2 aromatic carbocycles. The van der Waals surface area contributed by atoms with E-state index in [1.807, 2.05) is 31.4 Å². The van der Waals surface area contributed by atoms with E-state index < -0.39 is 5.89 Å². The summed E-state index contributed by atoms with van der Waals surface area (Å²) in [6.45, 7) is 3.67. The van der Waals surface area contributed by atoms with Gasteiger partial charge in [0.05, 0.1) is 5.56 Å². The summed E-state index contributed by atoms with van der Waals surface area (Å²) in [6.07, 6.45) is 7.27. The van der Waals surface area contributed by atoms with E-state index in [4.69, 9.17) is 4.42 Å². The minimum Gasteiger partial charge on any atom is -0.455 e. The third-order valence-electron chi connectivity index (χ3n) is 7.55. The Balaban J connectivity index is 1.58. The molecule has 2 aromatic heterocycles. The van der Waals surface area contributed by atoms with Gasteiger partial charge < -0.3 is 4.42 Å². The van der Waals surface area contributed by atoms with Gasteiger partial charge in [0.25, 0.3) is 0 Å². The van der Waals surface area contributed by atoms with Crippen molar-refractivity contribution in [2.24, 2.45) is 7.05 Å². The van der Waals surface area contributed by atoms with E-state index in [1.54, 1.807) is 0 Å². The van der Waals surface area contributed by atoms with Crippen LogP contribution < -0.4 is 4.57 Å². The summed E-state index contributed by atoms with van der Waals surface area (Å²) in [7, 11) is 2.03. The van der Waals surface area contributed by atoms with E-state index in [0.29, 0.717) is 30.2 Å². The molecule has 2 unspecified atom stereocenters. The van der Waals surface area contributed by atoms with Gasteiger partial charge in [-0.2, -0.15) is 0 Å². The number of pyridine rings is 1. The molecule has 4 heterocycles. The Kier molecular flexibility index (Phi) is 4.53. The molecule has 2 saturated heterocycles. The van der Waals surface area contributed by atoms with Crippen LogP contribution >= 0.6 is 0 Å². The molecular weight excluding hydrogens is 399 g/mol. The summed E-state index contributed by atoms with van der Waals surface area (Å²) < 4.78 is 33.5. The highest BCUT2D eigenvalue weighted by molar-refractivity contribution is 6.10. The molecule has 32 heavy (non-hydrogen) atoms. The van der Waals surface area contributed by atoms with E-state index in [2.05, 4.69) is 34.6 Å². The number of rotatable bonds is 2. The van der Waals surface area contributed by atoms with Gasteiger partial charge in [-0.3, -0.25) is 4.90 Å². The van der Waals surface area contributed by atoms with Crippen molar-refractivity contribution in [3.8, 4) is 11.3 Å². The van der Waals surface area contributed by atoms with Gasteiger partial charge in [0.15, 0.2) is 6.20 Å². The van der Waals surface area contributed by atoms with Crippen LogP contribution in [0.25, 0.3) is 33.2 Å². The standard InChI is InChI=1S/C28H30FN2O/c1-18-9-12-21-22-13-14-23(29)26(19-10-11-20-7-3-6-16-31(20)17-19)28(22)32-27(21)25(18)24-8-4-5-15-30(24)2/h4-5,8-9,12-15,19-20H,3,6-7,10-11,16-17H2,1-2H3/q+1/i19D. The molecule has 2 atom stereocenters. The maximum atomic E-state index is 15.5. The Morgan fingerprint density at radius 2 is 1.88 bits per heavy atom. The lowest BCUT2D eigenvalue weighted by Crippen LogP contribution is -2.45. The first-order chi connectivity index (χ1) is 16.0. The highest BCUT2D eigenvalue weighted by atomic mass is 19.1. The molecule has 164 valence electrons. The van der Waals surface area contributed by atoms with Crippen LogP contribution in [-0.4, -0.2) is 24.0 Å². The molecule has 0 spiro atoms. The van der Waals surface area contributed by atoms with E-state index in [-0.39, 0.29) is 5.82 Å². The van der Waals surface area contributed by atoms with Gasteiger partial charge in [-0.1, -0.05) is 18.6 Å². The Bertz CT molecular complexity index is 1380. The molecule has 2 aliphatic rings. The van der Waals surface area contributed by atoms with Crippen molar-refractivity contribution in [1.29, 1.82) is 0 Å². The Labute approximate surface area is 189 Å². The normalized spacial score (nSPS) is 24.6. The lowest BCUT2D eigenvalue weighted by atomic mass is 9.83. The second-order valence-corrected chi connectivity index (χ2v) is 9.49. The lowest BCUT2D eigenvalue weighted by molar-refractivity contribution is -0.660. The summed E-state index contributed by atoms with van der Waals surface area (Å²) in [5.74, 6) is -1.33. The number of fused-ring (bicyclic) bond motifs is 4. The second-order valence-electron chi connectivity index (χ2n) is 9.49. The molecule has 2 fully saturated rings. The number of furan rings is 1. The van der Waals surface area contributed by atoms with Crippen LogP contribution in [0, 0.1) is 12.7 Å². The predicted molar refractivity (Wildman–Crippen MR) is 126 cm³/mol. The average molecular weight is 431 g/mol. The SMILES string of the molecule is [2H]C1(c2c(F)ccc3c2oc2c(-c4cccc[n+]4C)c(C)ccc23)CCC2CCCCN2C1. The molecule has 2 aliphatic heterocycles. The van der Waals surface area contributed by atoms with Crippen molar-refractivity contribution >= 4 is 21.9 Å². The van der Waals surface area contributed by atoms with E-state index in [9.17, 15) is 1.37 Å². The third kappa shape index (κ3) is 3.07. The first-order valence-electron chi connectivity index (χ1n) is 12.3. The Morgan fingerprint density at radius 1 is 1.03 bits per heavy atom.